The van der Waals surface area contributed by atoms with E-state index in [2.05, 4.69) is 4.72 Å². The van der Waals surface area contributed by atoms with Crippen LogP contribution in [-0.4, -0.2) is 38.7 Å². The van der Waals surface area contributed by atoms with Crippen molar-refractivity contribution in [1.29, 1.82) is 0 Å². The number of ether oxygens (including phenoxy) is 1. The van der Waals surface area contributed by atoms with Crippen molar-refractivity contribution in [3.8, 4) is 0 Å². The number of carboxylic acids is 1. The fraction of sp³-hybridized carbons (Fsp3) is 0.417. The molecule has 0 amide bonds. The molecule has 0 aliphatic rings. The number of hydrogen-bond acceptors (Lipinski definition) is 4. The van der Waals surface area contributed by atoms with Gasteiger partial charge in [0.15, 0.2) is 0 Å². The van der Waals surface area contributed by atoms with Crippen molar-refractivity contribution in [3.63, 3.8) is 0 Å². The molecule has 0 heterocycles. The number of hydrogen-bond donors (Lipinski definition) is 2. The van der Waals surface area contributed by atoms with E-state index in [0.29, 0.717) is 0 Å². The summed E-state index contributed by atoms with van der Waals surface area (Å²) in [5.41, 5.74) is -1.08. The van der Waals surface area contributed by atoms with Gasteiger partial charge in [-0.05, 0) is 32.0 Å². The summed E-state index contributed by atoms with van der Waals surface area (Å²) >= 11 is 0. The molecule has 1 aromatic carbocycles. The van der Waals surface area contributed by atoms with Crippen LogP contribution in [0.15, 0.2) is 23.1 Å². The van der Waals surface area contributed by atoms with E-state index in [1.165, 1.54) is 7.11 Å². The molecule has 8 heteroatoms. The highest BCUT2D eigenvalue weighted by atomic mass is 32.2. The fourth-order valence-corrected chi connectivity index (χ4v) is 2.56. The highest BCUT2D eigenvalue weighted by molar-refractivity contribution is 7.89. The predicted octanol–water partition coefficient (Wildman–Crippen LogP) is 1.23. The SMILES string of the molecule is COC(C)(C)CNS(=O)(=O)c1cc(C(=O)O)ccc1F. The molecule has 1 rings (SSSR count). The van der Waals surface area contributed by atoms with E-state index < -0.39 is 32.3 Å². The maximum Gasteiger partial charge on any atom is 0.335 e. The normalized spacial score (nSPS) is 12.4. The van der Waals surface area contributed by atoms with Crippen molar-refractivity contribution < 1.29 is 27.4 Å². The Morgan fingerprint density at radius 3 is 2.55 bits per heavy atom. The molecule has 0 spiro atoms. The van der Waals surface area contributed by atoms with Crippen LogP contribution in [0.5, 0.6) is 0 Å². The Balaban J connectivity index is 3.09. The van der Waals surface area contributed by atoms with Gasteiger partial charge in [-0.25, -0.2) is 22.3 Å². The number of nitrogens with one attached hydrogen (secondary N) is 1. The zero-order valence-electron chi connectivity index (χ0n) is 11.3. The van der Waals surface area contributed by atoms with Crippen LogP contribution in [0, 0.1) is 5.82 Å². The van der Waals surface area contributed by atoms with Crippen molar-refractivity contribution >= 4 is 16.0 Å². The van der Waals surface area contributed by atoms with Crippen LogP contribution in [0.1, 0.15) is 24.2 Å². The minimum absolute atomic E-state index is 0.0808. The molecule has 1 aromatic rings. The summed E-state index contributed by atoms with van der Waals surface area (Å²) in [6.45, 7) is 3.22. The van der Waals surface area contributed by atoms with Gasteiger partial charge in [0, 0.05) is 13.7 Å². The third-order valence-electron chi connectivity index (χ3n) is 2.71. The Hall–Kier alpha value is -1.51. The molecule has 0 aliphatic heterocycles. The Kier molecular flexibility index (Phi) is 4.85. The van der Waals surface area contributed by atoms with Gasteiger partial charge in [-0.1, -0.05) is 0 Å². The van der Waals surface area contributed by atoms with E-state index in [4.69, 9.17) is 9.84 Å². The summed E-state index contributed by atoms with van der Waals surface area (Å²) in [4.78, 5) is 10.1. The predicted molar refractivity (Wildman–Crippen MR) is 69.6 cm³/mol. The van der Waals surface area contributed by atoms with Crippen LogP contribution < -0.4 is 4.72 Å². The summed E-state index contributed by atoms with van der Waals surface area (Å²) in [7, 11) is -2.74. The molecule has 2 N–H and O–H groups in total. The Morgan fingerprint density at radius 1 is 1.45 bits per heavy atom. The lowest BCUT2D eigenvalue weighted by atomic mass is 10.1. The van der Waals surface area contributed by atoms with E-state index in [1.807, 2.05) is 0 Å². The number of carbonyl (C=O) groups is 1. The zero-order valence-corrected chi connectivity index (χ0v) is 12.1. The van der Waals surface area contributed by atoms with Gasteiger partial charge in [0.25, 0.3) is 0 Å². The van der Waals surface area contributed by atoms with Crippen molar-refractivity contribution in [2.75, 3.05) is 13.7 Å². The smallest absolute Gasteiger partial charge is 0.335 e. The van der Waals surface area contributed by atoms with Gasteiger partial charge in [0.2, 0.25) is 10.0 Å². The van der Waals surface area contributed by atoms with Crippen LogP contribution in [-0.2, 0) is 14.8 Å². The first-order chi connectivity index (χ1) is 9.09. The van der Waals surface area contributed by atoms with Crippen LogP contribution >= 0.6 is 0 Å². The second-order valence-corrected chi connectivity index (χ2v) is 6.47. The minimum atomic E-state index is -4.16. The van der Waals surface area contributed by atoms with Crippen molar-refractivity contribution in [3.05, 3.63) is 29.6 Å². The maximum atomic E-state index is 13.6. The van der Waals surface area contributed by atoms with E-state index in [1.54, 1.807) is 13.8 Å². The standard InChI is InChI=1S/C12H16FNO5S/c1-12(2,19-3)7-14-20(17,18)10-6-8(11(15)16)4-5-9(10)13/h4-6,14H,7H2,1-3H3,(H,15,16). The maximum absolute atomic E-state index is 13.6. The van der Waals surface area contributed by atoms with Gasteiger partial charge in [-0.2, -0.15) is 0 Å². The minimum Gasteiger partial charge on any atom is -0.478 e. The van der Waals surface area contributed by atoms with Crippen molar-refractivity contribution in [2.45, 2.75) is 24.3 Å². The zero-order chi connectivity index (χ0) is 15.6. The first kappa shape index (κ1) is 16.5. The molecule has 0 unspecified atom stereocenters. The highest BCUT2D eigenvalue weighted by Gasteiger charge is 2.25. The monoisotopic (exact) mass is 305 g/mol. The number of aromatic carboxylic acids is 1. The van der Waals surface area contributed by atoms with Gasteiger partial charge in [-0.15, -0.1) is 0 Å². The van der Waals surface area contributed by atoms with E-state index >= 15 is 0 Å². The number of benzene rings is 1. The Morgan fingerprint density at radius 2 is 2.05 bits per heavy atom. The molecule has 20 heavy (non-hydrogen) atoms. The van der Waals surface area contributed by atoms with Gasteiger partial charge < -0.3 is 9.84 Å². The lowest BCUT2D eigenvalue weighted by Crippen LogP contribution is -2.39. The second-order valence-electron chi connectivity index (χ2n) is 4.74. The molecule has 0 fully saturated rings. The number of carboxylic acid groups (broad SMARTS) is 1. The average molecular weight is 305 g/mol. The molecule has 0 aromatic heterocycles. The largest absolute Gasteiger partial charge is 0.478 e. The van der Waals surface area contributed by atoms with E-state index in [9.17, 15) is 17.6 Å². The molecular weight excluding hydrogens is 289 g/mol. The second kappa shape index (κ2) is 5.86. The van der Waals surface area contributed by atoms with Crippen molar-refractivity contribution in [2.24, 2.45) is 0 Å². The third kappa shape index (κ3) is 3.99. The summed E-state index contributed by atoms with van der Waals surface area (Å²) in [6.07, 6.45) is 0. The van der Waals surface area contributed by atoms with E-state index in [-0.39, 0.29) is 12.1 Å². The lowest BCUT2D eigenvalue weighted by molar-refractivity contribution is 0.0276. The summed E-state index contributed by atoms with van der Waals surface area (Å²) in [6, 6.07) is 2.58. The number of halogens is 1. The molecule has 0 aliphatic carbocycles. The first-order valence-electron chi connectivity index (χ1n) is 5.67. The quantitative estimate of drug-likeness (QED) is 0.824. The summed E-state index contributed by atoms with van der Waals surface area (Å²) in [5, 5.41) is 8.81. The molecule has 112 valence electrons. The molecule has 6 nitrogen and oxygen atoms in total. The van der Waals surface area contributed by atoms with Crippen molar-refractivity contribution in [1.82, 2.24) is 4.72 Å². The Bertz CT molecular complexity index is 612. The van der Waals surface area contributed by atoms with Gasteiger partial charge in [-0.3, -0.25) is 0 Å². The number of sulfonamides is 1. The summed E-state index contributed by atoms with van der Waals surface area (Å²) in [5.74, 6) is -2.35. The van der Waals surface area contributed by atoms with Crippen LogP contribution in [0.2, 0.25) is 0 Å². The fourth-order valence-electron chi connectivity index (χ4n) is 1.26. The molecule has 0 saturated carbocycles. The number of methoxy groups -OCH3 is 1. The Labute approximate surface area is 116 Å². The van der Waals surface area contributed by atoms with Gasteiger partial charge in [0.05, 0.1) is 11.2 Å². The van der Waals surface area contributed by atoms with Crippen LogP contribution in [0.4, 0.5) is 4.39 Å². The summed E-state index contributed by atoms with van der Waals surface area (Å²) < 4.78 is 44.8. The molecule has 0 bridgehead atoms. The first-order valence-corrected chi connectivity index (χ1v) is 7.15. The molecule has 0 atom stereocenters. The molecular formula is C12H16FNO5S. The third-order valence-corrected chi connectivity index (χ3v) is 4.12. The number of rotatable bonds is 6. The van der Waals surface area contributed by atoms with Gasteiger partial charge in [0.1, 0.15) is 10.7 Å². The van der Waals surface area contributed by atoms with Crippen LogP contribution in [0.25, 0.3) is 0 Å². The van der Waals surface area contributed by atoms with Gasteiger partial charge >= 0.3 is 5.97 Å². The highest BCUT2D eigenvalue weighted by Crippen LogP contribution is 2.17. The molecule has 0 radical (unpaired) electrons. The lowest BCUT2D eigenvalue weighted by Gasteiger charge is -2.23. The average Bonchev–Trinajstić information content (AvgIpc) is 2.37. The van der Waals surface area contributed by atoms with E-state index in [0.717, 1.165) is 18.2 Å². The topological polar surface area (TPSA) is 92.7 Å². The van der Waals surface area contributed by atoms with Crippen LogP contribution in [0.3, 0.4) is 0 Å². The molecule has 0 saturated heterocycles.